The number of benzene rings is 1. The fourth-order valence-electron chi connectivity index (χ4n) is 3.55. The minimum Gasteiger partial charge on any atom is -0.466 e. The molecule has 1 aliphatic heterocycles. The van der Waals surface area contributed by atoms with Crippen LogP contribution in [0.4, 0.5) is 0 Å². The maximum Gasteiger partial charge on any atom is 0.312 e. The van der Waals surface area contributed by atoms with Gasteiger partial charge in [-0.25, -0.2) is 0 Å². The standard InChI is InChI=1S/C18H16O4/c1-2-21-16(20)15-11-18(15)14-6-4-3-5-13(14)17(22-18)9-7-12(19)8-10-17/h3-10,15H,2,11H2,1H3/t15-,18+/m0/s1. The van der Waals surface area contributed by atoms with Gasteiger partial charge in [-0.05, 0) is 48.8 Å². The molecule has 0 aromatic heterocycles. The quantitative estimate of drug-likeness (QED) is 0.786. The molecule has 1 heterocycles. The fourth-order valence-corrected chi connectivity index (χ4v) is 3.55. The Hall–Kier alpha value is -2.20. The molecule has 1 aromatic carbocycles. The molecule has 1 saturated carbocycles. The van der Waals surface area contributed by atoms with E-state index >= 15 is 0 Å². The Morgan fingerprint density at radius 3 is 2.64 bits per heavy atom. The predicted molar refractivity (Wildman–Crippen MR) is 78.9 cm³/mol. The maximum atomic E-state index is 12.1. The van der Waals surface area contributed by atoms with Gasteiger partial charge in [-0.15, -0.1) is 0 Å². The molecule has 0 bridgehead atoms. The average Bonchev–Trinajstić information content (AvgIpc) is 3.18. The van der Waals surface area contributed by atoms with Gasteiger partial charge in [-0.3, -0.25) is 9.59 Å². The van der Waals surface area contributed by atoms with E-state index in [1.54, 1.807) is 19.1 Å². The zero-order valence-corrected chi connectivity index (χ0v) is 12.2. The summed E-state index contributed by atoms with van der Waals surface area (Å²) in [6.07, 6.45) is 7.24. The Labute approximate surface area is 128 Å². The van der Waals surface area contributed by atoms with Crippen molar-refractivity contribution >= 4 is 11.8 Å². The van der Waals surface area contributed by atoms with Gasteiger partial charge in [0.05, 0.1) is 12.5 Å². The monoisotopic (exact) mass is 296 g/mol. The van der Waals surface area contributed by atoms with Crippen molar-refractivity contribution in [3.8, 4) is 0 Å². The largest absolute Gasteiger partial charge is 0.466 e. The third-order valence-corrected chi connectivity index (χ3v) is 4.63. The van der Waals surface area contributed by atoms with Crippen molar-refractivity contribution in [3.05, 3.63) is 59.7 Å². The van der Waals surface area contributed by atoms with E-state index in [1.807, 2.05) is 24.3 Å². The van der Waals surface area contributed by atoms with Crippen molar-refractivity contribution in [1.29, 1.82) is 0 Å². The molecule has 112 valence electrons. The summed E-state index contributed by atoms with van der Waals surface area (Å²) in [6.45, 7) is 2.17. The predicted octanol–water partition coefficient (Wildman–Crippen LogP) is 2.39. The van der Waals surface area contributed by atoms with E-state index in [9.17, 15) is 9.59 Å². The van der Waals surface area contributed by atoms with Crippen LogP contribution in [0.5, 0.6) is 0 Å². The van der Waals surface area contributed by atoms with E-state index in [-0.39, 0.29) is 17.7 Å². The molecular weight excluding hydrogens is 280 g/mol. The second kappa shape index (κ2) is 4.40. The Balaban J connectivity index is 1.77. The van der Waals surface area contributed by atoms with Crippen LogP contribution in [-0.2, 0) is 30.3 Å². The van der Waals surface area contributed by atoms with E-state index in [4.69, 9.17) is 9.47 Å². The normalized spacial score (nSPS) is 29.9. The highest BCUT2D eigenvalue weighted by Crippen LogP contribution is 2.65. The lowest BCUT2D eigenvalue weighted by Crippen LogP contribution is -2.26. The van der Waals surface area contributed by atoms with Gasteiger partial charge in [0, 0.05) is 0 Å². The molecule has 0 radical (unpaired) electrons. The number of carbonyl (C=O) groups is 2. The molecule has 2 atom stereocenters. The lowest BCUT2D eigenvalue weighted by Gasteiger charge is -2.25. The highest BCUT2D eigenvalue weighted by atomic mass is 16.6. The zero-order chi connectivity index (χ0) is 15.4. The fraction of sp³-hybridized carbons (Fsp3) is 0.333. The summed E-state index contributed by atoms with van der Waals surface area (Å²) < 4.78 is 11.5. The van der Waals surface area contributed by atoms with Gasteiger partial charge in [0.1, 0.15) is 11.2 Å². The summed E-state index contributed by atoms with van der Waals surface area (Å²) in [5, 5.41) is 0. The Kier molecular flexibility index (Phi) is 2.69. The number of fused-ring (bicyclic) bond motifs is 3. The van der Waals surface area contributed by atoms with Crippen LogP contribution in [0, 0.1) is 5.92 Å². The number of allylic oxidation sites excluding steroid dienone is 2. The van der Waals surface area contributed by atoms with Gasteiger partial charge in [-0.2, -0.15) is 0 Å². The van der Waals surface area contributed by atoms with Gasteiger partial charge in [0.2, 0.25) is 0 Å². The molecule has 4 nitrogen and oxygen atoms in total. The van der Waals surface area contributed by atoms with Gasteiger partial charge in [0.25, 0.3) is 0 Å². The molecule has 0 unspecified atom stereocenters. The van der Waals surface area contributed by atoms with E-state index in [1.165, 1.54) is 12.2 Å². The number of hydrogen-bond acceptors (Lipinski definition) is 4. The van der Waals surface area contributed by atoms with Crippen LogP contribution in [0.2, 0.25) is 0 Å². The Morgan fingerprint density at radius 1 is 1.27 bits per heavy atom. The van der Waals surface area contributed by atoms with Crippen molar-refractivity contribution in [2.45, 2.75) is 24.5 Å². The van der Waals surface area contributed by atoms with E-state index in [0.717, 1.165) is 11.1 Å². The van der Waals surface area contributed by atoms with Crippen LogP contribution in [0.25, 0.3) is 0 Å². The van der Waals surface area contributed by atoms with Crippen LogP contribution < -0.4 is 0 Å². The Bertz CT molecular complexity index is 714. The molecular formula is C18H16O4. The van der Waals surface area contributed by atoms with Crippen LogP contribution in [-0.4, -0.2) is 18.4 Å². The molecule has 4 rings (SSSR count). The second-order valence-electron chi connectivity index (χ2n) is 5.91. The zero-order valence-electron chi connectivity index (χ0n) is 12.2. The molecule has 3 aliphatic rings. The van der Waals surface area contributed by atoms with Gasteiger partial charge >= 0.3 is 5.97 Å². The van der Waals surface area contributed by atoms with E-state index < -0.39 is 11.2 Å². The molecule has 4 heteroatoms. The molecule has 2 aliphatic carbocycles. The minimum absolute atomic E-state index is 0.0506. The first-order valence-corrected chi connectivity index (χ1v) is 7.50. The number of carbonyl (C=O) groups excluding carboxylic acids is 2. The first kappa shape index (κ1) is 13.5. The lowest BCUT2D eigenvalue weighted by atomic mass is 9.87. The van der Waals surface area contributed by atoms with Crippen LogP contribution in [0.1, 0.15) is 24.5 Å². The summed E-state index contributed by atoms with van der Waals surface area (Å²) in [5.74, 6) is -0.535. The second-order valence-corrected chi connectivity index (χ2v) is 5.91. The van der Waals surface area contributed by atoms with Crippen LogP contribution >= 0.6 is 0 Å². The smallest absolute Gasteiger partial charge is 0.312 e. The molecule has 0 N–H and O–H groups in total. The van der Waals surface area contributed by atoms with Crippen molar-refractivity contribution in [2.24, 2.45) is 5.92 Å². The number of esters is 1. The lowest BCUT2D eigenvalue weighted by molar-refractivity contribution is -0.148. The van der Waals surface area contributed by atoms with E-state index in [0.29, 0.717) is 13.0 Å². The van der Waals surface area contributed by atoms with Gasteiger partial charge in [-0.1, -0.05) is 24.3 Å². The summed E-state index contributed by atoms with van der Waals surface area (Å²) in [4.78, 5) is 23.6. The summed E-state index contributed by atoms with van der Waals surface area (Å²) in [7, 11) is 0. The number of rotatable bonds is 2. The SMILES string of the molecule is CCOC(=O)[C@@H]1C[C@]12OC1(C=CC(=O)C=C1)c1ccccc12. The highest BCUT2D eigenvalue weighted by molar-refractivity contribution is 6.00. The third-order valence-electron chi connectivity index (χ3n) is 4.63. The van der Waals surface area contributed by atoms with Crippen LogP contribution in [0.3, 0.4) is 0 Å². The molecule has 2 spiro atoms. The van der Waals surface area contributed by atoms with Gasteiger partial charge < -0.3 is 9.47 Å². The maximum absolute atomic E-state index is 12.1. The minimum atomic E-state index is -0.744. The summed E-state index contributed by atoms with van der Waals surface area (Å²) in [5.41, 5.74) is 0.669. The first-order valence-electron chi connectivity index (χ1n) is 7.50. The summed E-state index contributed by atoms with van der Waals surface area (Å²) in [6, 6.07) is 7.89. The summed E-state index contributed by atoms with van der Waals surface area (Å²) >= 11 is 0. The molecule has 1 fully saturated rings. The van der Waals surface area contributed by atoms with Crippen molar-refractivity contribution in [2.75, 3.05) is 6.61 Å². The topological polar surface area (TPSA) is 52.6 Å². The van der Waals surface area contributed by atoms with Gasteiger partial charge in [0.15, 0.2) is 5.78 Å². The van der Waals surface area contributed by atoms with Crippen molar-refractivity contribution in [3.63, 3.8) is 0 Å². The molecule has 0 amide bonds. The van der Waals surface area contributed by atoms with Crippen LogP contribution in [0.15, 0.2) is 48.6 Å². The number of hydrogen-bond donors (Lipinski definition) is 0. The number of ketones is 1. The average molecular weight is 296 g/mol. The molecule has 22 heavy (non-hydrogen) atoms. The van der Waals surface area contributed by atoms with Crippen molar-refractivity contribution in [1.82, 2.24) is 0 Å². The molecule has 1 aromatic rings. The first-order chi connectivity index (χ1) is 10.6. The Morgan fingerprint density at radius 2 is 1.95 bits per heavy atom. The third kappa shape index (κ3) is 1.67. The van der Waals surface area contributed by atoms with Crippen molar-refractivity contribution < 1.29 is 19.1 Å². The highest BCUT2D eigenvalue weighted by Gasteiger charge is 2.69. The molecule has 0 saturated heterocycles. The van der Waals surface area contributed by atoms with E-state index in [2.05, 4.69) is 0 Å². The number of ether oxygens (including phenoxy) is 2.